The lowest BCUT2D eigenvalue weighted by atomic mass is 10.1. The molecule has 0 aliphatic carbocycles. The minimum atomic E-state index is -0.772. The van der Waals surface area contributed by atoms with Gasteiger partial charge in [-0.15, -0.1) is 11.3 Å². The molecule has 4 rings (SSSR count). The van der Waals surface area contributed by atoms with Gasteiger partial charge in [-0.3, -0.25) is 29.4 Å². The number of nitro benzene ring substituents is 1. The maximum atomic E-state index is 12.5. The monoisotopic (exact) mass is 500 g/mol. The van der Waals surface area contributed by atoms with Crippen molar-refractivity contribution in [1.82, 2.24) is 9.88 Å². The van der Waals surface area contributed by atoms with Gasteiger partial charge in [-0.1, -0.05) is 34.1 Å². The van der Waals surface area contributed by atoms with E-state index in [0.717, 1.165) is 14.9 Å². The summed E-state index contributed by atoms with van der Waals surface area (Å²) in [6.07, 6.45) is -0.162. The number of aromatic nitrogens is 1. The van der Waals surface area contributed by atoms with Gasteiger partial charge in [0, 0.05) is 34.4 Å². The second-order valence-corrected chi connectivity index (χ2v) is 8.34. The number of halogens is 1. The van der Waals surface area contributed by atoms with Crippen LogP contribution in [0.15, 0.2) is 52.3 Å². The number of thiazole rings is 1. The van der Waals surface area contributed by atoms with Crippen molar-refractivity contribution >= 4 is 55.8 Å². The van der Waals surface area contributed by atoms with Gasteiger partial charge in [-0.05, 0) is 18.2 Å². The first-order valence-corrected chi connectivity index (χ1v) is 10.7. The van der Waals surface area contributed by atoms with E-state index in [-0.39, 0.29) is 24.1 Å². The van der Waals surface area contributed by atoms with E-state index in [2.05, 4.69) is 26.2 Å². The van der Waals surface area contributed by atoms with E-state index in [1.54, 1.807) is 5.38 Å². The highest BCUT2D eigenvalue weighted by atomic mass is 79.9. The lowest BCUT2D eigenvalue weighted by molar-refractivity contribution is -0.385. The molecule has 0 radical (unpaired) electrons. The van der Waals surface area contributed by atoms with Crippen molar-refractivity contribution in [2.75, 3.05) is 11.9 Å². The second-order valence-electron chi connectivity index (χ2n) is 6.57. The Kier molecular flexibility index (Phi) is 5.61. The van der Waals surface area contributed by atoms with Crippen LogP contribution in [-0.2, 0) is 4.79 Å². The number of rotatable bonds is 6. The highest BCUT2D eigenvalue weighted by Crippen LogP contribution is 2.31. The lowest BCUT2D eigenvalue weighted by Crippen LogP contribution is -2.33. The van der Waals surface area contributed by atoms with Gasteiger partial charge < -0.3 is 5.32 Å². The van der Waals surface area contributed by atoms with E-state index in [1.165, 1.54) is 29.5 Å². The molecule has 156 valence electrons. The molecule has 31 heavy (non-hydrogen) atoms. The van der Waals surface area contributed by atoms with E-state index in [0.29, 0.717) is 10.8 Å². The van der Waals surface area contributed by atoms with Crippen LogP contribution in [0, 0.1) is 10.1 Å². The Morgan fingerprint density at radius 1 is 1.19 bits per heavy atom. The van der Waals surface area contributed by atoms with Crippen molar-refractivity contribution < 1.29 is 19.3 Å². The number of hydrogen-bond donors (Lipinski definition) is 1. The van der Waals surface area contributed by atoms with E-state index in [4.69, 9.17) is 0 Å². The van der Waals surface area contributed by atoms with Crippen molar-refractivity contribution in [2.24, 2.45) is 0 Å². The molecule has 0 saturated heterocycles. The van der Waals surface area contributed by atoms with Crippen molar-refractivity contribution in [3.8, 4) is 11.3 Å². The average Bonchev–Trinajstić information content (AvgIpc) is 3.30. The first-order chi connectivity index (χ1) is 14.8. The number of carbonyl (C=O) groups is 3. The summed E-state index contributed by atoms with van der Waals surface area (Å²) in [6, 6.07) is 11.5. The van der Waals surface area contributed by atoms with Gasteiger partial charge in [-0.2, -0.15) is 0 Å². The molecule has 3 amide bonds. The van der Waals surface area contributed by atoms with Crippen molar-refractivity contribution in [3.05, 3.63) is 73.6 Å². The number of anilines is 1. The first kappa shape index (κ1) is 20.8. The Bertz CT molecular complexity index is 1240. The summed E-state index contributed by atoms with van der Waals surface area (Å²) in [5.41, 5.74) is 0.897. The fourth-order valence-electron chi connectivity index (χ4n) is 3.18. The van der Waals surface area contributed by atoms with Gasteiger partial charge >= 0.3 is 0 Å². The molecular weight excluding hydrogens is 488 g/mol. The molecule has 0 saturated carbocycles. The number of amides is 3. The normalized spacial score (nSPS) is 12.7. The predicted molar refractivity (Wildman–Crippen MR) is 117 cm³/mol. The van der Waals surface area contributed by atoms with E-state index in [1.807, 2.05) is 24.3 Å². The molecule has 2 aromatic carbocycles. The van der Waals surface area contributed by atoms with Crippen molar-refractivity contribution in [2.45, 2.75) is 6.42 Å². The number of carbonyl (C=O) groups excluding carboxylic acids is 3. The zero-order chi connectivity index (χ0) is 22.1. The number of fused-ring (bicyclic) bond motifs is 1. The number of benzene rings is 2. The maximum Gasteiger partial charge on any atom is 0.282 e. The topological polar surface area (TPSA) is 123 Å². The predicted octanol–water partition coefficient (Wildman–Crippen LogP) is 4.11. The molecular formula is C20H13BrN4O5S. The zero-order valence-corrected chi connectivity index (χ0v) is 18.1. The lowest BCUT2D eigenvalue weighted by Gasteiger charge is -2.12. The number of hydrogen-bond acceptors (Lipinski definition) is 7. The molecule has 0 bridgehead atoms. The van der Waals surface area contributed by atoms with Gasteiger partial charge in [0.2, 0.25) is 5.91 Å². The third-order valence-corrected chi connectivity index (χ3v) is 5.86. The van der Waals surface area contributed by atoms with Gasteiger partial charge in [-0.25, -0.2) is 4.98 Å². The first-order valence-electron chi connectivity index (χ1n) is 9.00. The van der Waals surface area contributed by atoms with Crippen LogP contribution in [-0.4, -0.2) is 39.1 Å². The minimum absolute atomic E-state index is 0.0294. The Balaban J connectivity index is 1.41. The SMILES string of the molecule is O=C(CCN1C(=O)c2cccc([N+](=O)[O-])c2C1=O)Nc1nc(-c2cccc(Br)c2)cs1. The molecule has 3 aromatic rings. The zero-order valence-electron chi connectivity index (χ0n) is 15.7. The molecule has 1 N–H and O–H groups in total. The van der Waals surface area contributed by atoms with Crippen molar-refractivity contribution in [3.63, 3.8) is 0 Å². The van der Waals surface area contributed by atoms with E-state index in [9.17, 15) is 24.5 Å². The maximum absolute atomic E-state index is 12.5. The highest BCUT2D eigenvalue weighted by Gasteiger charge is 2.40. The average molecular weight is 501 g/mol. The summed E-state index contributed by atoms with van der Waals surface area (Å²) < 4.78 is 0.907. The molecule has 0 spiro atoms. The smallest absolute Gasteiger partial charge is 0.282 e. The van der Waals surface area contributed by atoms with Crippen LogP contribution >= 0.6 is 27.3 Å². The van der Waals surface area contributed by atoms with Gasteiger partial charge in [0.05, 0.1) is 16.2 Å². The fourth-order valence-corrected chi connectivity index (χ4v) is 4.31. The standard InChI is InChI=1S/C20H13BrN4O5S/c21-12-4-1-3-11(9-12)14-10-31-20(22-14)23-16(26)7-8-24-18(27)13-5-2-6-15(25(29)30)17(13)19(24)28/h1-6,9-10H,7-8H2,(H,22,23,26). The van der Waals surface area contributed by atoms with Crippen LogP contribution in [0.4, 0.5) is 10.8 Å². The van der Waals surface area contributed by atoms with E-state index >= 15 is 0 Å². The Morgan fingerprint density at radius 3 is 2.71 bits per heavy atom. The molecule has 0 fully saturated rings. The third-order valence-electron chi connectivity index (χ3n) is 4.61. The summed E-state index contributed by atoms with van der Waals surface area (Å²) in [7, 11) is 0. The quantitative estimate of drug-likeness (QED) is 0.308. The van der Waals surface area contributed by atoms with Crippen molar-refractivity contribution in [1.29, 1.82) is 0 Å². The molecule has 11 heteroatoms. The summed E-state index contributed by atoms with van der Waals surface area (Å²) in [4.78, 5) is 53.0. The molecule has 1 aliphatic heterocycles. The molecule has 1 aromatic heterocycles. The molecule has 1 aliphatic rings. The Morgan fingerprint density at radius 2 is 1.97 bits per heavy atom. The van der Waals surface area contributed by atoms with Crippen LogP contribution in [0.1, 0.15) is 27.1 Å². The van der Waals surface area contributed by atoms with Gasteiger partial charge in [0.15, 0.2) is 5.13 Å². The van der Waals surface area contributed by atoms with Crippen LogP contribution in [0.3, 0.4) is 0 Å². The Labute approximate surface area is 188 Å². The molecule has 9 nitrogen and oxygen atoms in total. The third kappa shape index (κ3) is 4.09. The van der Waals surface area contributed by atoms with Crippen LogP contribution in [0.2, 0.25) is 0 Å². The van der Waals surface area contributed by atoms with Gasteiger partial charge in [0.1, 0.15) is 5.56 Å². The van der Waals surface area contributed by atoms with Crippen LogP contribution < -0.4 is 5.32 Å². The number of nitrogens with zero attached hydrogens (tertiary/aromatic N) is 3. The summed E-state index contributed by atoms with van der Waals surface area (Å²) in [5.74, 6) is -1.85. The molecule has 0 unspecified atom stereocenters. The summed E-state index contributed by atoms with van der Waals surface area (Å²) >= 11 is 4.65. The van der Waals surface area contributed by atoms with E-state index < -0.39 is 28.3 Å². The fraction of sp³-hybridized carbons (Fsp3) is 0.100. The Hall–Kier alpha value is -3.44. The largest absolute Gasteiger partial charge is 0.302 e. The number of imide groups is 1. The molecule has 0 atom stereocenters. The van der Waals surface area contributed by atoms with Crippen LogP contribution in [0.5, 0.6) is 0 Å². The second kappa shape index (κ2) is 8.36. The summed E-state index contributed by atoms with van der Waals surface area (Å²) in [6.45, 7) is -0.195. The summed E-state index contributed by atoms with van der Waals surface area (Å²) in [5, 5.41) is 16.0. The minimum Gasteiger partial charge on any atom is -0.302 e. The number of nitro groups is 1. The molecule has 2 heterocycles. The highest BCUT2D eigenvalue weighted by molar-refractivity contribution is 9.10. The van der Waals surface area contributed by atoms with Gasteiger partial charge in [0.25, 0.3) is 17.5 Å². The van der Waals surface area contributed by atoms with Crippen LogP contribution in [0.25, 0.3) is 11.3 Å². The number of nitrogens with one attached hydrogen (secondary N) is 1.